The maximum atomic E-state index is 4.74. The summed E-state index contributed by atoms with van der Waals surface area (Å²) >= 11 is 1.80. The van der Waals surface area contributed by atoms with E-state index in [-0.39, 0.29) is 0 Å². The molecule has 0 spiro atoms. The van der Waals surface area contributed by atoms with Crippen LogP contribution < -0.4 is 0 Å². The number of hydrogen-bond acceptors (Lipinski definition) is 2. The summed E-state index contributed by atoms with van der Waals surface area (Å²) in [5, 5.41) is 8.92. The molecule has 2 heteroatoms. The van der Waals surface area contributed by atoms with Crippen molar-refractivity contribution in [3.8, 4) is 11.1 Å². The lowest BCUT2D eigenvalue weighted by atomic mass is 9.77. The van der Waals surface area contributed by atoms with E-state index in [0.29, 0.717) is 5.92 Å². The number of nitrogens with zero attached hydrogens (tertiary/aromatic N) is 1. The smallest absolute Gasteiger partial charge is 0.1000 e. The average molecular weight is 420 g/mol. The fourth-order valence-electron chi connectivity index (χ4n) is 5.57. The van der Waals surface area contributed by atoms with Crippen molar-refractivity contribution in [2.45, 2.75) is 39.0 Å². The van der Waals surface area contributed by atoms with Gasteiger partial charge in [-0.2, -0.15) is 0 Å². The predicted molar refractivity (Wildman–Crippen MR) is 133 cm³/mol. The van der Waals surface area contributed by atoms with E-state index in [0.717, 1.165) is 6.42 Å². The van der Waals surface area contributed by atoms with Gasteiger partial charge in [-0.15, -0.1) is 11.3 Å². The first-order valence-corrected chi connectivity index (χ1v) is 12.0. The normalized spacial score (nSPS) is 16.0. The molecule has 0 saturated heterocycles. The van der Waals surface area contributed by atoms with Crippen molar-refractivity contribution in [3.63, 3.8) is 0 Å². The van der Waals surface area contributed by atoms with E-state index in [2.05, 4.69) is 79.9 Å². The Balaban J connectivity index is 1.78. The number of thiazole rings is 1. The summed E-state index contributed by atoms with van der Waals surface area (Å²) in [7, 11) is 0. The number of benzene rings is 4. The second-order valence-electron chi connectivity index (χ2n) is 8.84. The largest absolute Gasteiger partial charge is 0.249 e. The van der Waals surface area contributed by atoms with Crippen LogP contribution >= 0.6 is 11.3 Å². The second-order valence-corrected chi connectivity index (χ2v) is 9.77. The lowest BCUT2D eigenvalue weighted by Crippen LogP contribution is -2.12. The first kappa shape index (κ1) is 18.8. The molecule has 0 N–H and O–H groups in total. The molecule has 0 aliphatic heterocycles. The quantitative estimate of drug-likeness (QED) is 0.263. The Labute approximate surface area is 187 Å². The summed E-state index contributed by atoms with van der Waals surface area (Å²) in [5.74, 6) is 0.402. The highest BCUT2D eigenvalue weighted by atomic mass is 32.1. The SMILES string of the molecule is Cc1cc(C)c2ccc3c4c(cc(-c5ccccc5)c3c2c1)CCCC4c1nccs1. The highest BCUT2D eigenvalue weighted by Gasteiger charge is 2.27. The maximum absolute atomic E-state index is 4.74. The number of fused-ring (bicyclic) bond motifs is 5. The number of hydrogen-bond donors (Lipinski definition) is 0. The molecule has 1 heterocycles. The Kier molecular flexibility index (Phi) is 4.43. The van der Waals surface area contributed by atoms with E-state index >= 15 is 0 Å². The van der Waals surface area contributed by atoms with Crippen LogP contribution in [0, 0.1) is 13.8 Å². The Bertz CT molecular complexity index is 1410. The van der Waals surface area contributed by atoms with Crippen LogP contribution in [0.1, 0.15) is 46.0 Å². The fraction of sp³-hybridized carbons (Fsp3) is 0.207. The van der Waals surface area contributed by atoms with Gasteiger partial charge < -0.3 is 0 Å². The summed E-state index contributed by atoms with van der Waals surface area (Å²) < 4.78 is 0. The van der Waals surface area contributed by atoms with Crippen LogP contribution in [0.15, 0.2) is 72.2 Å². The van der Waals surface area contributed by atoms with Crippen LogP contribution in [0.5, 0.6) is 0 Å². The number of rotatable bonds is 2. The third-order valence-corrected chi connectivity index (χ3v) is 7.72. The molecule has 1 aliphatic rings. The van der Waals surface area contributed by atoms with Gasteiger partial charge in [-0.05, 0) is 82.5 Å². The maximum Gasteiger partial charge on any atom is 0.1000 e. The number of aryl methyl sites for hydroxylation is 3. The van der Waals surface area contributed by atoms with E-state index in [9.17, 15) is 0 Å². The third kappa shape index (κ3) is 3.01. The van der Waals surface area contributed by atoms with Gasteiger partial charge in [-0.1, -0.05) is 66.2 Å². The molecule has 0 bridgehead atoms. The number of aromatic nitrogens is 1. The highest BCUT2D eigenvalue weighted by Crippen LogP contribution is 2.46. The Morgan fingerprint density at radius 3 is 2.55 bits per heavy atom. The van der Waals surface area contributed by atoms with Gasteiger partial charge in [0.1, 0.15) is 0 Å². The van der Waals surface area contributed by atoms with Gasteiger partial charge in [0.25, 0.3) is 0 Å². The highest BCUT2D eigenvalue weighted by molar-refractivity contribution is 7.09. The molecule has 1 atom stereocenters. The molecule has 0 saturated carbocycles. The van der Waals surface area contributed by atoms with Crippen molar-refractivity contribution < 1.29 is 0 Å². The molecule has 1 unspecified atom stereocenters. The topological polar surface area (TPSA) is 12.9 Å². The van der Waals surface area contributed by atoms with Crippen LogP contribution in [-0.4, -0.2) is 4.98 Å². The van der Waals surface area contributed by atoms with Crippen molar-refractivity contribution in [3.05, 3.63) is 99.5 Å². The molecule has 6 rings (SSSR count). The molecule has 1 aliphatic carbocycles. The summed E-state index contributed by atoms with van der Waals surface area (Å²) in [6, 6.07) is 22.8. The predicted octanol–water partition coefficient (Wildman–Crippen LogP) is 8.20. The first-order valence-electron chi connectivity index (χ1n) is 11.1. The zero-order valence-corrected chi connectivity index (χ0v) is 18.8. The molecule has 4 aromatic carbocycles. The van der Waals surface area contributed by atoms with Crippen molar-refractivity contribution in [2.75, 3.05) is 0 Å². The van der Waals surface area contributed by atoms with Crippen LogP contribution in [0.4, 0.5) is 0 Å². The van der Waals surface area contributed by atoms with Crippen LogP contribution in [0.3, 0.4) is 0 Å². The van der Waals surface area contributed by atoms with E-state index in [1.54, 1.807) is 11.3 Å². The molecule has 31 heavy (non-hydrogen) atoms. The van der Waals surface area contributed by atoms with Crippen LogP contribution in [0.2, 0.25) is 0 Å². The van der Waals surface area contributed by atoms with Gasteiger partial charge in [0, 0.05) is 17.5 Å². The fourth-order valence-corrected chi connectivity index (χ4v) is 6.35. The minimum atomic E-state index is 0.402. The van der Waals surface area contributed by atoms with Crippen LogP contribution in [0.25, 0.3) is 32.7 Å². The molecule has 0 radical (unpaired) electrons. The van der Waals surface area contributed by atoms with Gasteiger partial charge in [-0.3, -0.25) is 0 Å². The summed E-state index contributed by atoms with van der Waals surface area (Å²) in [4.78, 5) is 4.74. The Hall–Kier alpha value is -2.97. The lowest BCUT2D eigenvalue weighted by molar-refractivity contribution is 0.618. The van der Waals surface area contributed by atoms with Gasteiger partial charge in [0.05, 0.1) is 5.01 Å². The summed E-state index contributed by atoms with van der Waals surface area (Å²) in [6.07, 6.45) is 5.52. The third-order valence-electron chi connectivity index (χ3n) is 6.83. The second kappa shape index (κ2) is 7.32. The van der Waals surface area contributed by atoms with E-state index in [4.69, 9.17) is 4.98 Å². The van der Waals surface area contributed by atoms with E-state index in [1.165, 1.54) is 72.8 Å². The minimum absolute atomic E-state index is 0.402. The standard InChI is InChI=1S/C29H25NS/c1-18-15-19(2)22-11-12-23-27-21(9-6-10-24(27)29-30-13-14-31-29)17-25(28(23)26(22)16-18)20-7-4-3-5-8-20/h3-5,7-8,11-17,24H,6,9-10H2,1-2H3. The minimum Gasteiger partial charge on any atom is -0.249 e. The summed E-state index contributed by atoms with van der Waals surface area (Å²) in [5.41, 5.74) is 8.36. The molecule has 152 valence electrons. The van der Waals surface area contributed by atoms with Gasteiger partial charge in [0.15, 0.2) is 0 Å². The van der Waals surface area contributed by atoms with E-state index < -0.39 is 0 Å². The first-order chi connectivity index (χ1) is 15.2. The molecule has 0 fully saturated rings. The monoisotopic (exact) mass is 419 g/mol. The Morgan fingerprint density at radius 2 is 1.74 bits per heavy atom. The molecule has 1 aromatic heterocycles. The Morgan fingerprint density at radius 1 is 0.903 bits per heavy atom. The van der Waals surface area contributed by atoms with Gasteiger partial charge >= 0.3 is 0 Å². The van der Waals surface area contributed by atoms with Crippen LogP contribution in [-0.2, 0) is 6.42 Å². The molecular formula is C29H25NS. The van der Waals surface area contributed by atoms with Crippen molar-refractivity contribution >= 4 is 32.9 Å². The average Bonchev–Trinajstić information content (AvgIpc) is 3.33. The molecule has 0 amide bonds. The zero-order chi connectivity index (χ0) is 20.9. The lowest BCUT2D eigenvalue weighted by Gasteiger charge is -2.28. The molecule has 5 aromatic rings. The van der Waals surface area contributed by atoms with Crippen molar-refractivity contribution in [1.82, 2.24) is 4.98 Å². The van der Waals surface area contributed by atoms with Gasteiger partial charge in [0.2, 0.25) is 0 Å². The summed E-state index contributed by atoms with van der Waals surface area (Å²) in [6.45, 7) is 4.45. The molecule has 1 nitrogen and oxygen atoms in total. The van der Waals surface area contributed by atoms with Crippen molar-refractivity contribution in [2.24, 2.45) is 0 Å². The van der Waals surface area contributed by atoms with Gasteiger partial charge in [-0.25, -0.2) is 4.98 Å². The van der Waals surface area contributed by atoms with E-state index in [1.807, 2.05) is 6.20 Å². The molecular weight excluding hydrogens is 394 g/mol. The zero-order valence-electron chi connectivity index (χ0n) is 18.0. The van der Waals surface area contributed by atoms with Crippen molar-refractivity contribution in [1.29, 1.82) is 0 Å².